The second-order valence-electron chi connectivity index (χ2n) is 8.62. The molecule has 1 unspecified atom stereocenters. The summed E-state index contributed by atoms with van der Waals surface area (Å²) in [6.07, 6.45) is -0.391. The van der Waals surface area contributed by atoms with Gasteiger partial charge in [0.25, 0.3) is 0 Å². The van der Waals surface area contributed by atoms with Crippen LogP contribution in [0.2, 0.25) is 0 Å². The van der Waals surface area contributed by atoms with Gasteiger partial charge in [0.1, 0.15) is 24.7 Å². The van der Waals surface area contributed by atoms with Crippen molar-refractivity contribution in [3.05, 3.63) is 95.6 Å². The lowest BCUT2D eigenvalue weighted by molar-refractivity contribution is -0.160. The van der Waals surface area contributed by atoms with Crippen LogP contribution in [0.4, 0.5) is 0 Å². The predicted octanol–water partition coefficient (Wildman–Crippen LogP) is 3.46. The summed E-state index contributed by atoms with van der Waals surface area (Å²) in [6, 6.07) is 22.7. The van der Waals surface area contributed by atoms with Crippen molar-refractivity contribution in [3.63, 3.8) is 0 Å². The van der Waals surface area contributed by atoms with Gasteiger partial charge in [0.05, 0.1) is 24.9 Å². The summed E-state index contributed by atoms with van der Waals surface area (Å²) in [5, 5.41) is 9.77. The summed E-state index contributed by atoms with van der Waals surface area (Å²) >= 11 is 0. The Labute approximate surface area is 208 Å². The van der Waals surface area contributed by atoms with E-state index in [0.29, 0.717) is 11.3 Å². The van der Waals surface area contributed by atoms with Crippen LogP contribution in [-0.2, 0) is 37.1 Å². The zero-order chi connectivity index (χ0) is 25.5. The van der Waals surface area contributed by atoms with Crippen LogP contribution in [-0.4, -0.2) is 29.6 Å². The second kappa shape index (κ2) is 11.4. The second-order valence-corrected chi connectivity index (χ2v) is 8.62. The van der Waals surface area contributed by atoms with Crippen LogP contribution in [0.15, 0.2) is 78.9 Å². The molecule has 0 saturated carbocycles. The van der Waals surface area contributed by atoms with Gasteiger partial charge < -0.3 is 25.1 Å². The normalized spacial score (nSPS) is 15.7. The first-order chi connectivity index (χ1) is 17.4. The maximum atomic E-state index is 13.3. The Morgan fingerprint density at radius 1 is 0.917 bits per heavy atom. The van der Waals surface area contributed by atoms with Crippen molar-refractivity contribution < 1.29 is 33.7 Å². The summed E-state index contributed by atoms with van der Waals surface area (Å²) in [7, 11) is 0. The number of hydrogen-bond acceptors (Lipinski definition) is 7. The lowest BCUT2D eigenvalue weighted by atomic mass is 9.76. The molecule has 3 N–H and O–H groups in total. The lowest BCUT2D eigenvalue weighted by Crippen LogP contribution is -2.41. The summed E-state index contributed by atoms with van der Waals surface area (Å²) < 4.78 is 16.6. The van der Waals surface area contributed by atoms with Crippen molar-refractivity contribution >= 4 is 17.8 Å². The van der Waals surface area contributed by atoms with Crippen molar-refractivity contribution in [2.45, 2.75) is 25.6 Å². The number of carbonyl (C=O) groups excluding carboxylic acids is 3. The van der Waals surface area contributed by atoms with Crippen LogP contribution < -0.4 is 10.5 Å². The number of fused-ring (bicyclic) bond motifs is 1. The average Bonchev–Trinajstić information content (AvgIpc) is 3.29. The highest BCUT2D eigenvalue weighted by Gasteiger charge is 2.44. The highest BCUT2D eigenvalue weighted by molar-refractivity contribution is 5.88. The SMILES string of the molecule is NC(=O)C([C@H](CC(=O)OCc1ccccc1)C(=O)OCc1ccccc1)[C@@H]1COc2cc(O)ccc21. The van der Waals surface area contributed by atoms with Crippen molar-refractivity contribution in [2.75, 3.05) is 6.61 Å². The zero-order valence-corrected chi connectivity index (χ0v) is 19.5. The number of benzene rings is 3. The number of phenolic OH excluding ortho intramolecular Hbond substituents is 1. The minimum atomic E-state index is -1.19. The van der Waals surface area contributed by atoms with Gasteiger partial charge >= 0.3 is 11.9 Å². The standard InChI is InChI=1S/C28H27NO7/c29-27(32)26(23-17-34-24-13-20(30)11-12-21(23)24)22(28(33)36-16-19-9-5-2-6-10-19)14-25(31)35-15-18-7-3-1-4-8-18/h1-13,22-23,26,30H,14-17H2,(H2,29,32)/t22-,23+,26?/m0/s1. The molecule has 1 aliphatic heterocycles. The molecule has 0 radical (unpaired) electrons. The van der Waals surface area contributed by atoms with Crippen LogP contribution in [0.1, 0.15) is 29.0 Å². The summed E-state index contributed by atoms with van der Waals surface area (Å²) in [4.78, 5) is 38.8. The molecule has 0 fully saturated rings. The Kier molecular flexibility index (Phi) is 7.85. The monoisotopic (exact) mass is 489 g/mol. The third kappa shape index (κ3) is 6.02. The van der Waals surface area contributed by atoms with E-state index in [1.54, 1.807) is 18.2 Å². The fourth-order valence-electron chi connectivity index (χ4n) is 4.37. The molecule has 8 nitrogen and oxygen atoms in total. The number of primary amides is 1. The van der Waals surface area contributed by atoms with Gasteiger partial charge in [0.15, 0.2) is 0 Å². The first-order valence-electron chi connectivity index (χ1n) is 11.6. The molecule has 36 heavy (non-hydrogen) atoms. The van der Waals surface area contributed by atoms with Gasteiger partial charge in [0.2, 0.25) is 5.91 Å². The molecule has 1 heterocycles. The van der Waals surface area contributed by atoms with Gasteiger partial charge in [-0.3, -0.25) is 14.4 Å². The molecular formula is C28H27NO7. The first-order valence-corrected chi connectivity index (χ1v) is 11.6. The highest BCUT2D eigenvalue weighted by atomic mass is 16.5. The van der Waals surface area contributed by atoms with Crippen molar-refractivity contribution in [1.29, 1.82) is 0 Å². The van der Waals surface area contributed by atoms with Gasteiger partial charge in [-0.1, -0.05) is 66.7 Å². The van der Waals surface area contributed by atoms with E-state index in [9.17, 15) is 19.5 Å². The molecule has 0 aliphatic carbocycles. The molecular weight excluding hydrogens is 462 g/mol. The molecule has 0 saturated heterocycles. The Morgan fingerprint density at radius 2 is 1.53 bits per heavy atom. The maximum absolute atomic E-state index is 13.3. The molecule has 0 bridgehead atoms. The average molecular weight is 490 g/mol. The van der Waals surface area contributed by atoms with Crippen molar-refractivity contribution in [2.24, 2.45) is 17.6 Å². The van der Waals surface area contributed by atoms with Gasteiger partial charge in [-0.15, -0.1) is 0 Å². The Morgan fingerprint density at radius 3 is 2.14 bits per heavy atom. The fourth-order valence-corrected chi connectivity index (χ4v) is 4.37. The number of rotatable bonds is 10. The Bertz CT molecular complexity index is 1210. The van der Waals surface area contributed by atoms with E-state index in [0.717, 1.165) is 11.1 Å². The molecule has 186 valence electrons. The number of esters is 2. The lowest BCUT2D eigenvalue weighted by Gasteiger charge is -2.27. The van der Waals surface area contributed by atoms with Crippen molar-refractivity contribution in [3.8, 4) is 11.5 Å². The molecule has 1 amide bonds. The maximum Gasteiger partial charge on any atom is 0.310 e. The molecule has 3 atom stereocenters. The molecule has 0 spiro atoms. The van der Waals surface area contributed by atoms with Gasteiger partial charge in [0, 0.05) is 17.5 Å². The zero-order valence-electron chi connectivity index (χ0n) is 19.5. The smallest absolute Gasteiger partial charge is 0.310 e. The van der Waals surface area contributed by atoms with Crippen LogP contribution >= 0.6 is 0 Å². The largest absolute Gasteiger partial charge is 0.508 e. The Balaban J connectivity index is 1.56. The minimum Gasteiger partial charge on any atom is -0.508 e. The summed E-state index contributed by atoms with van der Waals surface area (Å²) in [5.74, 6) is -4.63. The van der Waals surface area contributed by atoms with E-state index in [-0.39, 0.29) is 25.6 Å². The number of hydrogen-bond donors (Lipinski definition) is 2. The molecule has 8 heteroatoms. The Hall–Kier alpha value is -4.33. The van der Waals surface area contributed by atoms with E-state index in [1.807, 2.05) is 48.5 Å². The summed E-state index contributed by atoms with van der Waals surface area (Å²) in [5.41, 5.74) is 7.96. The van der Waals surface area contributed by atoms with E-state index in [2.05, 4.69) is 0 Å². The number of carbonyl (C=O) groups is 3. The van der Waals surface area contributed by atoms with Gasteiger partial charge in [-0.25, -0.2) is 0 Å². The number of phenols is 1. The minimum absolute atomic E-state index is 0.00772. The van der Waals surface area contributed by atoms with Gasteiger partial charge in [-0.2, -0.15) is 0 Å². The number of ether oxygens (including phenoxy) is 3. The number of nitrogens with two attached hydrogens (primary N) is 1. The molecule has 4 rings (SSSR count). The van der Waals surface area contributed by atoms with E-state index >= 15 is 0 Å². The first kappa shape index (κ1) is 24.8. The van der Waals surface area contributed by atoms with Crippen LogP contribution in [0.5, 0.6) is 11.5 Å². The molecule has 1 aliphatic rings. The quantitative estimate of drug-likeness (QED) is 0.418. The van der Waals surface area contributed by atoms with E-state index in [4.69, 9.17) is 19.9 Å². The molecule has 0 aromatic heterocycles. The van der Waals surface area contributed by atoms with E-state index in [1.165, 1.54) is 12.1 Å². The highest BCUT2D eigenvalue weighted by Crippen LogP contribution is 2.43. The van der Waals surface area contributed by atoms with Crippen molar-refractivity contribution in [1.82, 2.24) is 0 Å². The van der Waals surface area contributed by atoms with Crippen LogP contribution in [0.3, 0.4) is 0 Å². The van der Waals surface area contributed by atoms with E-state index < -0.39 is 42.0 Å². The topological polar surface area (TPSA) is 125 Å². The summed E-state index contributed by atoms with van der Waals surface area (Å²) in [6.45, 7) is 0.0710. The third-order valence-corrected chi connectivity index (χ3v) is 6.17. The number of amides is 1. The van der Waals surface area contributed by atoms with Gasteiger partial charge in [-0.05, 0) is 17.2 Å². The molecule has 3 aromatic carbocycles. The molecule has 3 aromatic rings. The van der Waals surface area contributed by atoms with Crippen LogP contribution in [0.25, 0.3) is 0 Å². The third-order valence-electron chi connectivity index (χ3n) is 6.17. The predicted molar refractivity (Wildman–Crippen MR) is 130 cm³/mol. The fraction of sp³-hybridized carbons (Fsp3) is 0.250. The number of aromatic hydroxyl groups is 1. The van der Waals surface area contributed by atoms with Crippen LogP contribution in [0, 0.1) is 11.8 Å².